The molecule has 1 saturated heterocycles. The highest BCUT2D eigenvalue weighted by Crippen LogP contribution is 2.31. The van der Waals surface area contributed by atoms with Gasteiger partial charge in [-0.25, -0.2) is 13.6 Å². The molecular weight excluding hydrogens is 374 g/mol. The van der Waals surface area contributed by atoms with Crippen LogP contribution in [-0.2, 0) is 16.6 Å². The third-order valence-electron chi connectivity index (χ3n) is 5.16. The van der Waals surface area contributed by atoms with Gasteiger partial charge in [0.1, 0.15) is 0 Å². The summed E-state index contributed by atoms with van der Waals surface area (Å²) in [6.45, 7) is 7.65. The van der Waals surface area contributed by atoms with Gasteiger partial charge in [0.25, 0.3) is 0 Å². The summed E-state index contributed by atoms with van der Waals surface area (Å²) in [5.41, 5.74) is 9.11. The number of likely N-dealkylation sites (tertiary alicyclic amines) is 1. The number of nitrogens with zero attached hydrogens (tertiary/aromatic N) is 2. The standard InChI is InChI=1S/C20H27N5O2S/c1-20(2)10-11-25(13-20)12-14-6-8-15(9-7-14)16-4-3-5-17(28(23,26)27)18(16)19(21)24-22/h3-9H,10-13,22H2,1-2H3,(H2,21,24)(H2,23,26,27). The van der Waals surface area contributed by atoms with E-state index in [1.54, 1.807) is 12.1 Å². The van der Waals surface area contributed by atoms with Crippen LogP contribution < -0.4 is 16.7 Å². The van der Waals surface area contributed by atoms with Gasteiger partial charge in [-0.1, -0.05) is 50.2 Å². The van der Waals surface area contributed by atoms with Crippen molar-refractivity contribution >= 4 is 15.9 Å². The van der Waals surface area contributed by atoms with Crippen molar-refractivity contribution in [3.63, 3.8) is 0 Å². The lowest BCUT2D eigenvalue weighted by atomic mass is 9.93. The number of primary sulfonamides is 1. The molecule has 0 amide bonds. The van der Waals surface area contributed by atoms with Gasteiger partial charge in [0, 0.05) is 18.7 Å². The maximum absolute atomic E-state index is 12.0. The maximum atomic E-state index is 12.0. The van der Waals surface area contributed by atoms with Crippen molar-refractivity contribution in [3.05, 3.63) is 53.6 Å². The van der Waals surface area contributed by atoms with Gasteiger partial charge in [0.2, 0.25) is 10.0 Å². The van der Waals surface area contributed by atoms with Crippen molar-refractivity contribution in [1.29, 1.82) is 0 Å². The van der Waals surface area contributed by atoms with Crippen LogP contribution in [0.3, 0.4) is 0 Å². The van der Waals surface area contributed by atoms with Crippen LogP contribution in [0.25, 0.3) is 11.1 Å². The molecule has 0 saturated carbocycles. The van der Waals surface area contributed by atoms with Gasteiger partial charge in [-0.2, -0.15) is 5.10 Å². The number of hydrogen-bond donors (Lipinski definition) is 3. The van der Waals surface area contributed by atoms with Crippen LogP contribution in [0.5, 0.6) is 0 Å². The van der Waals surface area contributed by atoms with Gasteiger partial charge in [-0.3, -0.25) is 4.90 Å². The van der Waals surface area contributed by atoms with Crippen molar-refractivity contribution in [1.82, 2.24) is 4.90 Å². The third-order valence-corrected chi connectivity index (χ3v) is 6.11. The largest absolute Gasteiger partial charge is 0.382 e. The van der Waals surface area contributed by atoms with E-state index >= 15 is 0 Å². The summed E-state index contributed by atoms with van der Waals surface area (Å²) in [4.78, 5) is 2.35. The average molecular weight is 402 g/mol. The SMILES string of the molecule is CC1(C)CCN(Cc2ccc(-c3cccc(S(N)(=O)=O)c3/C(N)=N/N)cc2)C1. The van der Waals surface area contributed by atoms with Gasteiger partial charge in [0.15, 0.2) is 5.84 Å². The van der Waals surface area contributed by atoms with Crippen molar-refractivity contribution in [2.24, 2.45) is 27.2 Å². The number of benzene rings is 2. The Morgan fingerprint density at radius 3 is 2.39 bits per heavy atom. The molecule has 150 valence electrons. The van der Waals surface area contributed by atoms with Crippen molar-refractivity contribution in [3.8, 4) is 11.1 Å². The number of nitrogens with two attached hydrogens (primary N) is 3. The van der Waals surface area contributed by atoms with Gasteiger partial charge in [0.05, 0.1) is 4.90 Å². The van der Waals surface area contributed by atoms with Crippen LogP contribution in [0.15, 0.2) is 52.5 Å². The van der Waals surface area contributed by atoms with E-state index in [9.17, 15) is 8.42 Å². The molecule has 0 bridgehead atoms. The molecule has 0 atom stereocenters. The molecule has 6 N–H and O–H groups in total. The van der Waals surface area contributed by atoms with Crippen molar-refractivity contribution in [2.45, 2.75) is 31.7 Å². The lowest BCUT2D eigenvalue weighted by Crippen LogP contribution is -2.23. The van der Waals surface area contributed by atoms with Crippen molar-refractivity contribution < 1.29 is 8.42 Å². The Balaban J connectivity index is 1.94. The zero-order chi connectivity index (χ0) is 20.5. The van der Waals surface area contributed by atoms with E-state index in [1.807, 2.05) is 24.3 Å². The minimum absolute atomic E-state index is 0.0806. The predicted molar refractivity (Wildman–Crippen MR) is 112 cm³/mol. The van der Waals surface area contributed by atoms with E-state index in [4.69, 9.17) is 16.7 Å². The number of rotatable bonds is 5. The summed E-state index contributed by atoms with van der Waals surface area (Å²) >= 11 is 0. The van der Waals surface area contributed by atoms with E-state index in [0.717, 1.165) is 25.2 Å². The predicted octanol–water partition coefficient (Wildman–Crippen LogP) is 1.81. The Morgan fingerprint density at radius 1 is 1.18 bits per heavy atom. The van der Waals surface area contributed by atoms with Crippen LogP contribution in [0.2, 0.25) is 0 Å². The second-order valence-corrected chi connectivity index (χ2v) is 9.59. The molecule has 0 radical (unpaired) electrons. The van der Waals surface area contributed by atoms with E-state index in [2.05, 4.69) is 23.8 Å². The van der Waals surface area contributed by atoms with Gasteiger partial charge in [-0.15, -0.1) is 0 Å². The molecule has 8 heteroatoms. The fourth-order valence-electron chi connectivity index (χ4n) is 3.74. The molecule has 0 unspecified atom stereocenters. The summed E-state index contributed by atoms with van der Waals surface area (Å²) in [6, 6.07) is 12.8. The summed E-state index contributed by atoms with van der Waals surface area (Å²) in [6.07, 6.45) is 1.20. The second-order valence-electron chi connectivity index (χ2n) is 8.06. The molecule has 0 aliphatic carbocycles. The van der Waals surface area contributed by atoms with E-state index in [-0.39, 0.29) is 16.3 Å². The molecule has 1 heterocycles. The molecule has 2 aromatic rings. The lowest BCUT2D eigenvalue weighted by molar-refractivity contribution is 0.284. The van der Waals surface area contributed by atoms with Gasteiger partial charge < -0.3 is 11.6 Å². The summed E-state index contributed by atoms with van der Waals surface area (Å²) in [5, 5.41) is 8.84. The number of hydrazone groups is 1. The number of sulfonamides is 1. The van der Waals surface area contributed by atoms with Gasteiger partial charge >= 0.3 is 0 Å². The van der Waals surface area contributed by atoms with Crippen LogP contribution >= 0.6 is 0 Å². The smallest absolute Gasteiger partial charge is 0.238 e. The highest BCUT2D eigenvalue weighted by atomic mass is 32.2. The third kappa shape index (κ3) is 4.35. The lowest BCUT2D eigenvalue weighted by Gasteiger charge is -2.20. The first-order valence-corrected chi connectivity index (χ1v) is 10.7. The Kier molecular flexibility index (Phi) is 5.47. The second kappa shape index (κ2) is 7.54. The number of hydrogen-bond acceptors (Lipinski definition) is 5. The Labute approximate surface area is 166 Å². The quantitative estimate of drug-likeness (QED) is 0.305. The Hall–Kier alpha value is -2.42. The topological polar surface area (TPSA) is 128 Å². The first kappa shape index (κ1) is 20.3. The first-order valence-electron chi connectivity index (χ1n) is 9.12. The monoisotopic (exact) mass is 401 g/mol. The molecule has 1 aliphatic heterocycles. The molecule has 1 fully saturated rings. The highest BCUT2D eigenvalue weighted by Gasteiger charge is 2.28. The summed E-state index contributed by atoms with van der Waals surface area (Å²) < 4.78 is 24.0. The molecule has 7 nitrogen and oxygen atoms in total. The molecule has 3 rings (SSSR count). The molecule has 28 heavy (non-hydrogen) atoms. The van der Waals surface area contributed by atoms with Crippen LogP contribution in [0.1, 0.15) is 31.4 Å². The normalized spacial score (nSPS) is 17.8. The zero-order valence-electron chi connectivity index (χ0n) is 16.2. The molecular formula is C20H27N5O2S. The minimum Gasteiger partial charge on any atom is -0.382 e. The molecule has 1 aliphatic rings. The van der Waals surface area contributed by atoms with E-state index < -0.39 is 10.0 Å². The minimum atomic E-state index is -3.98. The molecule has 0 spiro atoms. The number of amidine groups is 1. The molecule has 0 aromatic heterocycles. The summed E-state index contributed by atoms with van der Waals surface area (Å²) in [7, 11) is -3.98. The Bertz CT molecular complexity index is 998. The fraction of sp³-hybridized carbons (Fsp3) is 0.350. The van der Waals surface area contributed by atoms with Gasteiger partial charge in [-0.05, 0) is 41.1 Å². The van der Waals surface area contributed by atoms with Crippen LogP contribution in [0, 0.1) is 5.41 Å². The zero-order valence-corrected chi connectivity index (χ0v) is 17.0. The average Bonchev–Trinajstić information content (AvgIpc) is 2.98. The highest BCUT2D eigenvalue weighted by molar-refractivity contribution is 7.89. The van der Waals surface area contributed by atoms with E-state index in [1.165, 1.54) is 18.1 Å². The van der Waals surface area contributed by atoms with Crippen LogP contribution in [0.4, 0.5) is 0 Å². The fourth-order valence-corrected chi connectivity index (χ4v) is 4.51. The van der Waals surface area contributed by atoms with Crippen LogP contribution in [-0.4, -0.2) is 32.2 Å². The molecule has 2 aromatic carbocycles. The summed E-state index contributed by atoms with van der Waals surface area (Å²) in [5.74, 6) is 5.24. The first-order chi connectivity index (χ1) is 13.1. The maximum Gasteiger partial charge on any atom is 0.238 e. The Morgan fingerprint density at radius 2 is 1.86 bits per heavy atom. The van der Waals surface area contributed by atoms with Crippen molar-refractivity contribution in [2.75, 3.05) is 13.1 Å². The van der Waals surface area contributed by atoms with E-state index in [0.29, 0.717) is 11.0 Å².